The first kappa shape index (κ1) is 11.8. The number of ether oxygens (including phenoxy) is 1. The molecule has 0 aromatic heterocycles. The lowest BCUT2D eigenvalue weighted by atomic mass is 10.0. The molecular weight excluding hydrogens is 206 g/mol. The molecule has 16 heavy (non-hydrogen) atoms. The Bertz CT molecular complexity index is 266. The van der Waals surface area contributed by atoms with Gasteiger partial charge in [-0.15, -0.1) is 0 Å². The fraction of sp³-hybridized carbons (Fsp3) is 0.909. The van der Waals surface area contributed by atoms with Crippen LogP contribution in [0.4, 0.5) is 0 Å². The van der Waals surface area contributed by atoms with Crippen molar-refractivity contribution in [2.24, 2.45) is 11.1 Å². The average molecular weight is 227 g/mol. The van der Waals surface area contributed by atoms with Gasteiger partial charge in [-0.3, -0.25) is 10.3 Å². The van der Waals surface area contributed by atoms with Crippen LogP contribution in [0.25, 0.3) is 0 Å². The minimum absolute atomic E-state index is 0.0399. The lowest BCUT2D eigenvalue weighted by Crippen LogP contribution is -2.46. The van der Waals surface area contributed by atoms with E-state index in [9.17, 15) is 0 Å². The zero-order valence-electron chi connectivity index (χ0n) is 9.61. The molecule has 1 unspecified atom stereocenters. The third-order valence-electron chi connectivity index (χ3n) is 3.51. The van der Waals surface area contributed by atoms with Gasteiger partial charge in [-0.1, -0.05) is 0 Å². The molecule has 5 heteroatoms. The van der Waals surface area contributed by atoms with Gasteiger partial charge >= 0.3 is 0 Å². The number of nitrogens with one attached hydrogen (secondary N) is 1. The first-order valence-electron chi connectivity index (χ1n) is 5.91. The standard InChI is InChI=1S/C11H21N3O2/c12-10(13)5-11(1-2-11)8-14-3-4-16-9(6-14)7-15/h9,15H,1-8H2,(H3,12,13). The second-order valence-corrected chi connectivity index (χ2v) is 5.11. The Balaban J connectivity index is 1.82. The average Bonchev–Trinajstić information content (AvgIpc) is 2.97. The monoisotopic (exact) mass is 227 g/mol. The molecule has 1 saturated carbocycles. The molecule has 1 aliphatic carbocycles. The normalized spacial score (nSPS) is 28.9. The highest BCUT2D eigenvalue weighted by atomic mass is 16.5. The van der Waals surface area contributed by atoms with E-state index in [1.54, 1.807) is 0 Å². The van der Waals surface area contributed by atoms with Crippen molar-refractivity contribution in [1.82, 2.24) is 4.90 Å². The molecule has 2 rings (SSSR count). The Hall–Kier alpha value is -0.650. The largest absolute Gasteiger partial charge is 0.394 e. The molecule has 0 aromatic rings. The lowest BCUT2D eigenvalue weighted by molar-refractivity contribution is -0.0570. The highest BCUT2D eigenvalue weighted by Crippen LogP contribution is 2.49. The first-order valence-corrected chi connectivity index (χ1v) is 5.91. The summed E-state index contributed by atoms with van der Waals surface area (Å²) in [5.74, 6) is 0.296. The summed E-state index contributed by atoms with van der Waals surface area (Å²) in [6.45, 7) is 3.51. The smallest absolute Gasteiger partial charge is 0.0932 e. The van der Waals surface area contributed by atoms with Crippen LogP contribution in [0, 0.1) is 10.8 Å². The van der Waals surface area contributed by atoms with E-state index in [1.807, 2.05) is 0 Å². The van der Waals surface area contributed by atoms with Crippen LogP contribution in [0.15, 0.2) is 0 Å². The van der Waals surface area contributed by atoms with E-state index in [2.05, 4.69) is 4.90 Å². The Labute approximate surface area is 96.1 Å². The summed E-state index contributed by atoms with van der Waals surface area (Å²) in [4.78, 5) is 2.33. The van der Waals surface area contributed by atoms with Crippen LogP contribution in [0.2, 0.25) is 0 Å². The van der Waals surface area contributed by atoms with Gasteiger partial charge in [0.15, 0.2) is 0 Å². The predicted molar refractivity (Wildman–Crippen MR) is 61.5 cm³/mol. The Kier molecular flexibility index (Phi) is 3.47. The zero-order chi connectivity index (χ0) is 11.6. The molecule has 1 atom stereocenters. The van der Waals surface area contributed by atoms with Crippen LogP contribution >= 0.6 is 0 Å². The highest BCUT2D eigenvalue weighted by molar-refractivity contribution is 5.78. The highest BCUT2D eigenvalue weighted by Gasteiger charge is 2.44. The second kappa shape index (κ2) is 4.69. The zero-order valence-corrected chi connectivity index (χ0v) is 9.61. The van der Waals surface area contributed by atoms with Gasteiger partial charge in [0.25, 0.3) is 0 Å². The summed E-state index contributed by atoms with van der Waals surface area (Å²) in [6, 6.07) is 0. The van der Waals surface area contributed by atoms with E-state index in [0.29, 0.717) is 18.9 Å². The van der Waals surface area contributed by atoms with Crippen LogP contribution in [0.5, 0.6) is 0 Å². The summed E-state index contributed by atoms with van der Waals surface area (Å²) in [5.41, 5.74) is 5.73. The maximum Gasteiger partial charge on any atom is 0.0932 e. The molecular formula is C11H21N3O2. The summed E-state index contributed by atoms with van der Waals surface area (Å²) in [7, 11) is 0. The third-order valence-corrected chi connectivity index (χ3v) is 3.51. The van der Waals surface area contributed by atoms with Crippen molar-refractivity contribution >= 4 is 5.84 Å². The number of nitrogens with zero attached hydrogens (tertiary/aromatic N) is 1. The maximum absolute atomic E-state index is 9.06. The number of nitrogens with two attached hydrogens (primary N) is 1. The van der Waals surface area contributed by atoms with Crippen molar-refractivity contribution in [3.05, 3.63) is 0 Å². The summed E-state index contributed by atoms with van der Waals surface area (Å²) in [6.07, 6.45) is 3.03. The predicted octanol–water partition coefficient (Wildman–Crippen LogP) is -0.214. The van der Waals surface area contributed by atoms with Gasteiger partial charge in [0.05, 0.1) is 25.2 Å². The first-order chi connectivity index (χ1) is 7.63. The van der Waals surface area contributed by atoms with E-state index in [4.69, 9.17) is 21.0 Å². The number of aliphatic hydroxyl groups is 1. The Morgan fingerprint density at radius 3 is 2.88 bits per heavy atom. The molecule has 0 radical (unpaired) electrons. The number of morpholine rings is 1. The van der Waals surface area contributed by atoms with E-state index in [1.165, 1.54) is 12.8 Å². The molecule has 2 aliphatic rings. The van der Waals surface area contributed by atoms with Crippen molar-refractivity contribution in [3.8, 4) is 0 Å². The molecule has 1 heterocycles. The molecule has 0 amide bonds. The topological polar surface area (TPSA) is 82.6 Å². The van der Waals surface area contributed by atoms with Crippen LogP contribution in [0.1, 0.15) is 19.3 Å². The summed E-state index contributed by atoms with van der Waals surface area (Å²) in [5, 5.41) is 16.4. The molecule has 0 bridgehead atoms. The maximum atomic E-state index is 9.06. The van der Waals surface area contributed by atoms with E-state index < -0.39 is 0 Å². The molecule has 0 aromatic carbocycles. The Morgan fingerprint density at radius 1 is 1.56 bits per heavy atom. The van der Waals surface area contributed by atoms with E-state index >= 15 is 0 Å². The van der Waals surface area contributed by atoms with Crippen molar-refractivity contribution in [1.29, 1.82) is 5.41 Å². The minimum Gasteiger partial charge on any atom is -0.394 e. The number of hydrogen-bond acceptors (Lipinski definition) is 4. The van der Waals surface area contributed by atoms with Crippen LogP contribution in [0.3, 0.4) is 0 Å². The van der Waals surface area contributed by atoms with Gasteiger partial charge in [-0.2, -0.15) is 0 Å². The quantitative estimate of drug-likeness (QED) is 0.448. The lowest BCUT2D eigenvalue weighted by Gasteiger charge is -2.34. The Morgan fingerprint density at radius 2 is 2.31 bits per heavy atom. The summed E-state index contributed by atoms with van der Waals surface area (Å²) < 4.78 is 5.41. The van der Waals surface area contributed by atoms with Gasteiger partial charge in [-0.05, 0) is 18.3 Å². The molecule has 1 aliphatic heterocycles. The van der Waals surface area contributed by atoms with Crippen molar-refractivity contribution < 1.29 is 9.84 Å². The number of amidine groups is 1. The molecule has 2 fully saturated rings. The molecule has 1 saturated heterocycles. The van der Waals surface area contributed by atoms with Gasteiger partial charge in [0.1, 0.15) is 0 Å². The second-order valence-electron chi connectivity index (χ2n) is 5.11. The van der Waals surface area contributed by atoms with Crippen LogP contribution in [-0.4, -0.2) is 54.8 Å². The third kappa shape index (κ3) is 2.93. The van der Waals surface area contributed by atoms with Gasteiger partial charge < -0.3 is 15.6 Å². The number of hydrogen-bond donors (Lipinski definition) is 3. The SMILES string of the molecule is N=C(N)CC1(CN2CCOC(CO)C2)CC1. The van der Waals surface area contributed by atoms with Crippen molar-refractivity contribution in [2.75, 3.05) is 32.8 Å². The fourth-order valence-corrected chi connectivity index (χ4v) is 2.48. The summed E-state index contributed by atoms with van der Waals surface area (Å²) >= 11 is 0. The fourth-order valence-electron chi connectivity index (χ4n) is 2.48. The van der Waals surface area contributed by atoms with Crippen LogP contribution in [-0.2, 0) is 4.74 Å². The molecule has 92 valence electrons. The van der Waals surface area contributed by atoms with E-state index in [-0.39, 0.29) is 18.1 Å². The molecule has 0 spiro atoms. The van der Waals surface area contributed by atoms with Crippen LogP contribution < -0.4 is 5.73 Å². The molecule has 5 nitrogen and oxygen atoms in total. The van der Waals surface area contributed by atoms with Crippen molar-refractivity contribution in [3.63, 3.8) is 0 Å². The number of rotatable bonds is 5. The van der Waals surface area contributed by atoms with E-state index in [0.717, 1.165) is 19.6 Å². The van der Waals surface area contributed by atoms with Crippen molar-refractivity contribution in [2.45, 2.75) is 25.4 Å². The van der Waals surface area contributed by atoms with Gasteiger partial charge in [0, 0.05) is 26.1 Å². The van der Waals surface area contributed by atoms with Gasteiger partial charge in [0.2, 0.25) is 0 Å². The number of aliphatic hydroxyl groups excluding tert-OH is 1. The minimum atomic E-state index is -0.0399. The molecule has 4 N–H and O–H groups in total. The van der Waals surface area contributed by atoms with Gasteiger partial charge in [-0.25, -0.2) is 0 Å².